The SMILES string of the molecule is N[C@@H]1C[C@H](C(=O)N(Cc2ccccc2Cl)C2CC2)CN(C(=O)O)C1. The molecule has 2 fully saturated rings. The van der Waals surface area contributed by atoms with Crippen LogP contribution in [-0.4, -0.2) is 52.1 Å². The standard InChI is InChI=1S/C17H22ClN3O3/c18-15-4-2-1-3-11(15)9-21(14-5-6-14)16(22)12-7-13(19)10-20(8-12)17(23)24/h1-4,12-14H,5-10,19H2,(H,23,24)/t12-,13+/m0/s1. The van der Waals surface area contributed by atoms with Crippen LogP contribution in [0, 0.1) is 5.92 Å². The van der Waals surface area contributed by atoms with Gasteiger partial charge in [0.1, 0.15) is 0 Å². The second-order valence-electron chi connectivity index (χ2n) is 6.67. The second-order valence-corrected chi connectivity index (χ2v) is 7.08. The van der Waals surface area contributed by atoms with Crippen molar-refractivity contribution in [2.45, 2.75) is 37.9 Å². The van der Waals surface area contributed by atoms with Gasteiger partial charge in [-0.15, -0.1) is 0 Å². The number of carbonyl (C=O) groups excluding carboxylic acids is 1. The molecule has 0 radical (unpaired) electrons. The van der Waals surface area contributed by atoms with E-state index < -0.39 is 6.09 Å². The third-order valence-corrected chi connectivity index (χ3v) is 5.04. The van der Waals surface area contributed by atoms with Gasteiger partial charge in [-0.1, -0.05) is 29.8 Å². The van der Waals surface area contributed by atoms with E-state index >= 15 is 0 Å². The molecule has 2 atom stereocenters. The number of halogens is 1. The monoisotopic (exact) mass is 351 g/mol. The Labute approximate surface area is 146 Å². The van der Waals surface area contributed by atoms with Crippen LogP contribution in [0.2, 0.25) is 5.02 Å². The fourth-order valence-corrected chi connectivity index (χ4v) is 3.49. The maximum Gasteiger partial charge on any atom is 0.407 e. The molecule has 6 nitrogen and oxygen atoms in total. The largest absolute Gasteiger partial charge is 0.465 e. The molecule has 0 spiro atoms. The van der Waals surface area contributed by atoms with Gasteiger partial charge in [0.15, 0.2) is 0 Å². The minimum atomic E-state index is -1.02. The number of benzene rings is 1. The van der Waals surface area contributed by atoms with E-state index in [2.05, 4.69) is 0 Å². The number of nitrogens with two attached hydrogens (primary N) is 1. The molecule has 1 saturated heterocycles. The first kappa shape index (κ1) is 17.0. The molecule has 3 rings (SSSR count). The molecular weight excluding hydrogens is 330 g/mol. The summed E-state index contributed by atoms with van der Waals surface area (Å²) < 4.78 is 0. The zero-order valence-electron chi connectivity index (χ0n) is 13.4. The number of piperidine rings is 1. The number of carboxylic acid groups (broad SMARTS) is 1. The molecule has 1 aliphatic carbocycles. The van der Waals surface area contributed by atoms with Gasteiger partial charge in [-0.05, 0) is 30.9 Å². The van der Waals surface area contributed by atoms with E-state index in [1.54, 1.807) is 0 Å². The van der Waals surface area contributed by atoms with Gasteiger partial charge in [-0.25, -0.2) is 4.79 Å². The van der Waals surface area contributed by atoms with Crippen LogP contribution in [0.15, 0.2) is 24.3 Å². The van der Waals surface area contributed by atoms with Crippen LogP contribution in [0.1, 0.15) is 24.8 Å². The Hall–Kier alpha value is -1.79. The van der Waals surface area contributed by atoms with Crippen molar-refractivity contribution in [3.05, 3.63) is 34.9 Å². The van der Waals surface area contributed by atoms with Gasteiger partial charge in [-0.3, -0.25) is 4.79 Å². The minimum absolute atomic E-state index is 0.0150. The molecule has 130 valence electrons. The second kappa shape index (κ2) is 6.99. The molecule has 1 aromatic rings. The maximum atomic E-state index is 13.0. The lowest BCUT2D eigenvalue weighted by Crippen LogP contribution is -2.53. The normalized spacial score (nSPS) is 23.8. The molecule has 3 N–H and O–H groups in total. The summed E-state index contributed by atoms with van der Waals surface area (Å²) in [6.45, 7) is 0.961. The topological polar surface area (TPSA) is 86.9 Å². The van der Waals surface area contributed by atoms with Crippen molar-refractivity contribution in [2.24, 2.45) is 11.7 Å². The molecule has 2 aliphatic rings. The molecule has 1 aliphatic heterocycles. The van der Waals surface area contributed by atoms with E-state index in [1.165, 1.54) is 4.90 Å². The molecule has 2 amide bonds. The molecule has 0 aromatic heterocycles. The number of amides is 2. The molecule has 0 bridgehead atoms. The molecule has 0 unspecified atom stereocenters. The van der Waals surface area contributed by atoms with E-state index in [4.69, 9.17) is 17.3 Å². The van der Waals surface area contributed by atoms with Crippen molar-refractivity contribution < 1.29 is 14.7 Å². The number of rotatable bonds is 4. The lowest BCUT2D eigenvalue weighted by molar-refractivity contribution is -0.138. The average molecular weight is 352 g/mol. The van der Waals surface area contributed by atoms with E-state index in [-0.39, 0.29) is 37.0 Å². The highest BCUT2D eigenvalue weighted by Gasteiger charge is 2.39. The van der Waals surface area contributed by atoms with Gasteiger partial charge in [-0.2, -0.15) is 0 Å². The lowest BCUT2D eigenvalue weighted by atomic mass is 9.93. The first-order chi connectivity index (χ1) is 11.5. The Morgan fingerprint density at radius 1 is 1.29 bits per heavy atom. The van der Waals surface area contributed by atoms with Crippen LogP contribution < -0.4 is 5.73 Å². The Bertz CT molecular complexity index is 635. The number of hydrogen-bond acceptors (Lipinski definition) is 3. The summed E-state index contributed by atoms with van der Waals surface area (Å²) in [5.74, 6) is -0.397. The third kappa shape index (κ3) is 3.82. The zero-order valence-corrected chi connectivity index (χ0v) is 14.2. The van der Waals surface area contributed by atoms with Gasteiger partial charge in [0, 0.05) is 36.7 Å². The Balaban J connectivity index is 1.75. The first-order valence-electron chi connectivity index (χ1n) is 8.23. The Morgan fingerprint density at radius 2 is 2.00 bits per heavy atom. The maximum absolute atomic E-state index is 13.0. The number of likely N-dealkylation sites (tertiary alicyclic amines) is 1. The summed E-state index contributed by atoms with van der Waals surface area (Å²) in [5, 5.41) is 9.86. The molecular formula is C17H22ClN3O3. The molecule has 1 aromatic carbocycles. The van der Waals surface area contributed by atoms with Crippen molar-refractivity contribution in [3.63, 3.8) is 0 Å². The van der Waals surface area contributed by atoms with E-state index in [1.807, 2.05) is 29.2 Å². The quantitative estimate of drug-likeness (QED) is 0.870. The lowest BCUT2D eigenvalue weighted by Gasteiger charge is -2.36. The highest BCUT2D eigenvalue weighted by Crippen LogP contribution is 2.32. The predicted octanol–water partition coefficient (Wildman–Crippen LogP) is 2.16. The Kier molecular flexibility index (Phi) is 4.96. The van der Waals surface area contributed by atoms with Crippen molar-refractivity contribution in [1.29, 1.82) is 0 Å². The van der Waals surface area contributed by atoms with Gasteiger partial charge in [0.2, 0.25) is 5.91 Å². The average Bonchev–Trinajstić information content (AvgIpc) is 3.37. The summed E-state index contributed by atoms with van der Waals surface area (Å²) in [6, 6.07) is 7.42. The van der Waals surface area contributed by atoms with Crippen LogP contribution in [0.4, 0.5) is 4.79 Å². The molecule has 1 heterocycles. The van der Waals surface area contributed by atoms with Crippen LogP contribution in [0.3, 0.4) is 0 Å². The summed E-state index contributed by atoms with van der Waals surface area (Å²) in [5.41, 5.74) is 6.87. The van der Waals surface area contributed by atoms with E-state index in [9.17, 15) is 14.7 Å². The summed E-state index contributed by atoms with van der Waals surface area (Å²) in [6.07, 6.45) is 1.47. The summed E-state index contributed by atoms with van der Waals surface area (Å²) >= 11 is 6.23. The highest BCUT2D eigenvalue weighted by molar-refractivity contribution is 6.31. The van der Waals surface area contributed by atoms with Crippen LogP contribution in [0.5, 0.6) is 0 Å². The van der Waals surface area contributed by atoms with Crippen molar-refractivity contribution in [1.82, 2.24) is 9.80 Å². The van der Waals surface area contributed by atoms with Gasteiger partial charge >= 0.3 is 6.09 Å². The molecule has 7 heteroatoms. The number of nitrogens with zero attached hydrogens (tertiary/aromatic N) is 2. The van der Waals surface area contributed by atoms with Gasteiger partial charge in [0.05, 0.1) is 5.92 Å². The van der Waals surface area contributed by atoms with Crippen molar-refractivity contribution in [2.75, 3.05) is 13.1 Å². The Morgan fingerprint density at radius 3 is 2.62 bits per heavy atom. The highest BCUT2D eigenvalue weighted by atomic mass is 35.5. The van der Waals surface area contributed by atoms with Crippen molar-refractivity contribution in [3.8, 4) is 0 Å². The van der Waals surface area contributed by atoms with Crippen LogP contribution in [0.25, 0.3) is 0 Å². The third-order valence-electron chi connectivity index (χ3n) is 4.67. The molecule has 24 heavy (non-hydrogen) atoms. The van der Waals surface area contributed by atoms with Crippen molar-refractivity contribution >= 4 is 23.6 Å². The van der Waals surface area contributed by atoms with Gasteiger partial charge < -0.3 is 20.6 Å². The van der Waals surface area contributed by atoms with Crippen LogP contribution >= 0.6 is 11.6 Å². The minimum Gasteiger partial charge on any atom is -0.465 e. The predicted molar refractivity (Wildman–Crippen MR) is 90.7 cm³/mol. The summed E-state index contributed by atoms with van der Waals surface area (Å²) in [7, 11) is 0. The first-order valence-corrected chi connectivity index (χ1v) is 8.61. The number of hydrogen-bond donors (Lipinski definition) is 2. The smallest absolute Gasteiger partial charge is 0.407 e. The van der Waals surface area contributed by atoms with Crippen LogP contribution in [-0.2, 0) is 11.3 Å². The zero-order chi connectivity index (χ0) is 17.3. The molecule has 1 saturated carbocycles. The summed E-state index contributed by atoms with van der Waals surface area (Å²) in [4.78, 5) is 27.4. The number of carbonyl (C=O) groups is 2. The van der Waals surface area contributed by atoms with E-state index in [0.717, 1.165) is 18.4 Å². The fraction of sp³-hybridized carbons (Fsp3) is 0.529. The van der Waals surface area contributed by atoms with Gasteiger partial charge in [0.25, 0.3) is 0 Å². The van der Waals surface area contributed by atoms with E-state index in [0.29, 0.717) is 18.0 Å². The fourth-order valence-electron chi connectivity index (χ4n) is 3.29.